The summed E-state index contributed by atoms with van der Waals surface area (Å²) in [5, 5.41) is 7.18. The van der Waals surface area contributed by atoms with E-state index < -0.39 is 0 Å². The summed E-state index contributed by atoms with van der Waals surface area (Å²) in [5.41, 5.74) is 7.25. The van der Waals surface area contributed by atoms with E-state index in [0.29, 0.717) is 0 Å². The van der Waals surface area contributed by atoms with Crippen LogP contribution in [-0.4, -0.2) is 9.73 Å². The van der Waals surface area contributed by atoms with Crippen LogP contribution in [0.4, 0.5) is 11.4 Å². The highest BCUT2D eigenvalue weighted by Crippen LogP contribution is 2.47. The summed E-state index contributed by atoms with van der Waals surface area (Å²) < 4.78 is 0. The fourth-order valence-corrected chi connectivity index (χ4v) is 5.83. The van der Waals surface area contributed by atoms with Crippen LogP contribution in [0.1, 0.15) is 38.8 Å². The second-order valence-corrected chi connectivity index (χ2v) is 10.5. The molecule has 2 aliphatic heterocycles. The molecule has 0 radical (unpaired) electrons. The van der Waals surface area contributed by atoms with Crippen molar-refractivity contribution in [3.05, 3.63) is 83.2 Å². The van der Waals surface area contributed by atoms with E-state index in [9.17, 15) is 0 Å². The van der Waals surface area contributed by atoms with Crippen LogP contribution < -0.4 is 10.6 Å². The molecule has 2 nitrogen and oxygen atoms in total. The SMILES string of the molecule is CC1(C)/C(=C/C2C(=S)C(/C=C3/Nc4ccccc4C3(C)C)C2=S)Nc2ccccc21. The van der Waals surface area contributed by atoms with E-state index in [-0.39, 0.29) is 22.7 Å². The van der Waals surface area contributed by atoms with Crippen LogP contribution in [0.3, 0.4) is 0 Å². The number of allylic oxidation sites excluding steroid dienone is 4. The number of rotatable bonds is 2. The summed E-state index contributed by atoms with van der Waals surface area (Å²) in [4.78, 5) is 2.03. The van der Waals surface area contributed by atoms with Crippen molar-refractivity contribution in [2.45, 2.75) is 38.5 Å². The predicted molar refractivity (Wildman–Crippen MR) is 135 cm³/mol. The highest BCUT2D eigenvalue weighted by molar-refractivity contribution is 7.84. The molecule has 2 aromatic rings. The number of thiocarbonyl (C=S) groups is 2. The number of fused-ring (bicyclic) bond motifs is 2. The zero-order valence-corrected chi connectivity index (χ0v) is 19.4. The molecular weight excluding hydrogens is 404 g/mol. The van der Waals surface area contributed by atoms with Gasteiger partial charge in [0.2, 0.25) is 0 Å². The molecule has 1 aliphatic carbocycles. The average molecular weight is 431 g/mol. The predicted octanol–water partition coefficient (Wildman–Crippen LogP) is 6.55. The van der Waals surface area contributed by atoms with Crippen molar-refractivity contribution in [3.8, 4) is 0 Å². The summed E-state index contributed by atoms with van der Waals surface area (Å²) in [6.45, 7) is 9.02. The molecule has 0 atom stereocenters. The maximum Gasteiger partial charge on any atom is 0.0436 e. The number of hydrogen-bond donors (Lipinski definition) is 2. The number of benzene rings is 2. The van der Waals surface area contributed by atoms with Crippen molar-refractivity contribution >= 4 is 45.5 Å². The van der Waals surface area contributed by atoms with Crippen molar-refractivity contribution in [3.63, 3.8) is 0 Å². The maximum atomic E-state index is 5.86. The Bertz CT molecular complexity index is 1050. The maximum absolute atomic E-state index is 5.86. The van der Waals surface area contributed by atoms with Gasteiger partial charge >= 0.3 is 0 Å². The fourth-order valence-electron chi connectivity index (χ4n) is 4.90. The molecule has 3 aliphatic rings. The van der Waals surface area contributed by atoms with Gasteiger partial charge in [0.1, 0.15) is 0 Å². The number of hydrogen-bond acceptors (Lipinski definition) is 4. The van der Waals surface area contributed by atoms with E-state index >= 15 is 0 Å². The highest BCUT2D eigenvalue weighted by Gasteiger charge is 2.44. The Kier molecular flexibility index (Phi) is 4.32. The molecule has 2 heterocycles. The van der Waals surface area contributed by atoms with E-state index in [2.05, 4.69) is 99.0 Å². The third kappa shape index (κ3) is 2.74. The van der Waals surface area contributed by atoms with Gasteiger partial charge in [0.15, 0.2) is 0 Å². The summed E-state index contributed by atoms with van der Waals surface area (Å²) in [6.07, 6.45) is 4.50. The Morgan fingerprint density at radius 2 is 1.03 bits per heavy atom. The summed E-state index contributed by atoms with van der Waals surface area (Å²) >= 11 is 11.7. The van der Waals surface area contributed by atoms with Crippen molar-refractivity contribution in [1.29, 1.82) is 0 Å². The van der Waals surface area contributed by atoms with Crippen LogP contribution >= 0.6 is 24.4 Å². The van der Waals surface area contributed by atoms with Gasteiger partial charge < -0.3 is 10.6 Å². The monoisotopic (exact) mass is 430 g/mol. The largest absolute Gasteiger partial charge is 0.358 e. The minimum Gasteiger partial charge on any atom is -0.358 e. The summed E-state index contributed by atoms with van der Waals surface area (Å²) in [7, 11) is 0. The zero-order chi connectivity index (χ0) is 21.3. The van der Waals surface area contributed by atoms with Gasteiger partial charge in [-0.3, -0.25) is 0 Å². The summed E-state index contributed by atoms with van der Waals surface area (Å²) in [5.74, 6) is 0.139. The second-order valence-electron chi connectivity index (χ2n) is 9.51. The molecule has 5 rings (SSSR count). The Hall–Kier alpha value is -2.30. The molecule has 0 saturated heterocycles. The van der Waals surface area contributed by atoms with Crippen molar-refractivity contribution < 1.29 is 0 Å². The molecule has 1 fully saturated rings. The van der Waals surface area contributed by atoms with Crippen LogP contribution in [0.25, 0.3) is 0 Å². The molecule has 1 saturated carbocycles. The lowest BCUT2D eigenvalue weighted by atomic mass is 9.70. The molecule has 0 spiro atoms. The topological polar surface area (TPSA) is 24.1 Å². The van der Waals surface area contributed by atoms with E-state index in [4.69, 9.17) is 24.4 Å². The third-order valence-electron chi connectivity index (χ3n) is 6.98. The van der Waals surface area contributed by atoms with Crippen molar-refractivity contribution in [1.82, 2.24) is 0 Å². The van der Waals surface area contributed by atoms with Crippen molar-refractivity contribution in [2.75, 3.05) is 10.6 Å². The van der Waals surface area contributed by atoms with Crippen LogP contribution in [0, 0.1) is 11.8 Å². The molecule has 0 bridgehead atoms. The molecule has 4 heteroatoms. The Labute approximate surface area is 189 Å². The van der Waals surface area contributed by atoms with Crippen LogP contribution in [0.5, 0.6) is 0 Å². The molecular formula is C26H26N2S2. The first kappa shape index (κ1) is 19.7. The molecule has 0 aromatic heterocycles. The number of para-hydroxylation sites is 2. The quantitative estimate of drug-likeness (QED) is 0.528. The molecule has 0 unspecified atom stereocenters. The van der Waals surface area contributed by atoms with Gasteiger partial charge in [-0.25, -0.2) is 0 Å². The number of anilines is 2. The highest BCUT2D eigenvalue weighted by atomic mass is 32.1. The molecule has 152 valence electrons. The van der Waals surface area contributed by atoms with Gasteiger partial charge in [-0.1, -0.05) is 101 Å². The van der Waals surface area contributed by atoms with Gasteiger partial charge in [0.05, 0.1) is 0 Å². The van der Waals surface area contributed by atoms with E-state index in [1.807, 2.05) is 0 Å². The first-order valence-corrected chi connectivity index (χ1v) is 11.3. The minimum absolute atomic E-state index is 0.0674. The number of nitrogens with one attached hydrogen (secondary N) is 2. The lowest BCUT2D eigenvalue weighted by Crippen LogP contribution is -2.45. The molecule has 2 N–H and O–H groups in total. The first-order valence-electron chi connectivity index (χ1n) is 10.5. The molecule has 2 aromatic carbocycles. The second kappa shape index (κ2) is 6.60. The van der Waals surface area contributed by atoms with Gasteiger partial charge in [0.25, 0.3) is 0 Å². The zero-order valence-electron chi connectivity index (χ0n) is 17.7. The van der Waals surface area contributed by atoms with E-state index in [1.54, 1.807) is 0 Å². The first-order chi connectivity index (χ1) is 14.2. The van der Waals surface area contributed by atoms with Crippen LogP contribution in [0.2, 0.25) is 0 Å². The Balaban J connectivity index is 1.40. The minimum atomic E-state index is -0.0674. The lowest BCUT2D eigenvalue weighted by molar-refractivity contribution is 0.645. The van der Waals surface area contributed by atoms with Crippen LogP contribution in [-0.2, 0) is 10.8 Å². The molecule has 0 amide bonds. The standard InChI is InChI=1S/C26H26N2S2/c1-25(2)17-9-5-7-11-19(17)27-21(25)13-15-23(29)16(24(15)30)14-22-26(3,4)18-10-6-8-12-20(18)28-22/h5-16,27-28H,1-4H3/b21-13-,22-14+. The smallest absolute Gasteiger partial charge is 0.0436 e. The Morgan fingerprint density at radius 1 is 0.667 bits per heavy atom. The van der Waals surface area contributed by atoms with Gasteiger partial charge in [0, 0.05) is 55.2 Å². The van der Waals surface area contributed by atoms with E-state index in [1.165, 1.54) is 33.9 Å². The van der Waals surface area contributed by atoms with Crippen molar-refractivity contribution in [2.24, 2.45) is 11.8 Å². The summed E-state index contributed by atoms with van der Waals surface area (Å²) in [6, 6.07) is 17.0. The van der Waals surface area contributed by atoms with Crippen LogP contribution in [0.15, 0.2) is 72.1 Å². The lowest BCUT2D eigenvalue weighted by Gasteiger charge is -2.37. The third-order valence-corrected chi connectivity index (χ3v) is 7.99. The average Bonchev–Trinajstić information content (AvgIpc) is 3.14. The van der Waals surface area contributed by atoms with Gasteiger partial charge in [-0.05, 0) is 23.3 Å². The van der Waals surface area contributed by atoms with E-state index in [0.717, 1.165) is 9.73 Å². The Morgan fingerprint density at radius 3 is 1.40 bits per heavy atom. The fraction of sp³-hybridized carbons (Fsp3) is 0.308. The normalized spacial score (nSPS) is 28.0. The molecule has 30 heavy (non-hydrogen) atoms. The van der Waals surface area contributed by atoms with Gasteiger partial charge in [-0.15, -0.1) is 0 Å². The van der Waals surface area contributed by atoms with Gasteiger partial charge in [-0.2, -0.15) is 0 Å².